The Bertz CT molecular complexity index is 795. The molecule has 1 aliphatic carbocycles. The van der Waals surface area contributed by atoms with Crippen molar-refractivity contribution in [3.63, 3.8) is 0 Å². The fourth-order valence-corrected chi connectivity index (χ4v) is 2.43. The van der Waals surface area contributed by atoms with Crippen LogP contribution in [0.5, 0.6) is 0 Å². The van der Waals surface area contributed by atoms with Crippen molar-refractivity contribution in [2.45, 2.75) is 0 Å². The number of fused-ring (bicyclic) bond motifs is 1. The van der Waals surface area contributed by atoms with Crippen molar-refractivity contribution in [1.29, 1.82) is 0 Å². The lowest BCUT2D eigenvalue weighted by atomic mass is 10.4. The number of anilines is 1. The van der Waals surface area contributed by atoms with E-state index in [1.807, 2.05) is 61.6 Å². The third kappa shape index (κ3) is 2.64. The maximum absolute atomic E-state index is 5.66. The summed E-state index contributed by atoms with van der Waals surface area (Å²) < 4.78 is 5.66. The van der Waals surface area contributed by atoms with E-state index in [4.69, 9.17) is 4.42 Å². The van der Waals surface area contributed by atoms with Gasteiger partial charge in [-0.05, 0) is 30.4 Å². The highest BCUT2D eigenvalue weighted by molar-refractivity contribution is 7.16. The SMILES string of the molecule is CN(C)c1ncc(/C=C/c2nc3c(o2)=CC=C=CC=3)s1. The molecule has 0 bridgehead atoms. The van der Waals surface area contributed by atoms with E-state index in [-0.39, 0.29) is 0 Å². The Morgan fingerprint density at radius 2 is 2.10 bits per heavy atom. The van der Waals surface area contributed by atoms with Gasteiger partial charge in [0.1, 0.15) is 5.35 Å². The largest absolute Gasteiger partial charge is 0.437 e. The Morgan fingerprint density at radius 1 is 1.25 bits per heavy atom. The molecule has 0 saturated heterocycles. The van der Waals surface area contributed by atoms with Gasteiger partial charge in [-0.15, -0.1) is 5.73 Å². The topological polar surface area (TPSA) is 42.2 Å². The molecular formula is C15H13N3OS. The number of nitrogens with zero attached hydrogens (tertiary/aromatic N) is 3. The van der Waals surface area contributed by atoms with Crippen LogP contribution in [-0.4, -0.2) is 24.1 Å². The van der Waals surface area contributed by atoms with Gasteiger partial charge in [0, 0.05) is 31.2 Å². The van der Waals surface area contributed by atoms with Crippen molar-refractivity contribution in [3.05, 3.63) is 45.6 Å². The first-order valence-electron chi connectivity index (χ1n) is 6.13. The predicted molar refractivity (Wildman–Crippen MR) is 82.7 cm³/mol. The summed E-state index contributed by atoms with van der Waals surface area (Å²) >= 11 is 1.62. The molecule has 0 aliphatic heterocycles. The quantitative estimate of drug-likeness (QED) is 0.803. The van der Waals surface area contributed by atoms with Gasteiger partial charge in [-0.25, -0.2) is 9.97 Å². The molecule has 3 rings (SSSR count). The summed E-state index contributed by atoms with van der Waals surface area (Å²) in [5.74, 6) is 0.589. The number of rotatable bonds is 3. The van der Waals surface area contributed by atoms with Crippen molar-refractivity contribution >= 4 is 40.8 Å². The van der Waals surface area contributed by atoms with Gasteiger partial charge < -0.3 is 9.32 Å². The van der Waals surface area contributed by atoms with Crippen molar-refractivity contribution < 1.29 is 4.42 Å². The first-order chi connectivity index (χ1) is 9.72. The number of hydrogen-bond acceptors (Lipinski definition) is 5. The van der Waals surface area contributed by atoms with E-state index in [1.165, 1.54) is 0 Å². The van der Waals surface area contributed by atoms with Gasteiger partial charge >= 0.3 is 0 Å². The molecule has 2 heterocycles. The first kappa shape index (κ1) is 12.7. The highest BCUT2D eigenvalue weighted by Gasteiger charge is 2.02. The molecule has 4 nitrogen and oxygen atoms in total. The normalized spacial score (nSPS) is 12.9. The van der Waals surface area contributed by atoms with Crippen LogP contribution >= 0.6 is 11.3 Å². The van der Waals surface area contributed by atoms with Crippen LogP contribution in [0, 0.1) is 0 Å². The van der Waals surface area contributed by atoms with Crippen LogP contribution in [0.25, 0.3) is 24.3 Å². The van der Waals surface area contributed by atoms with Crippen LogP contribution in [0.2, 0.25) is 0 Å². The molecule has 0 radical (unpaired) electrons. The molecule has 0 spiro atoms. The van der Waals surface area contributed by atoms with Gasteiger partial charge in [-0.1, -0.05) is 11.3 Å². The number of aromatic nitrogens is 2. The van der Waals surface area contributed by atoms with Gasteiger partial charge in [0.15, 0.2) is 10.5 Å². The van der Waals surface area contributed by atoms with E-state index in [9.17, 15) is 0 Å². The average Bonchev–Trinajstić information content (AvgIpc) is 2.99. The Hall–Kier alpha value is -2.36. The minimum atomic E-state index is 0.589. The average molecular weight is 283 g/mol. The zero-order valence-electron chi connectivity index (χ0n) is 11.2. The molecule has 0 amide bonds. The van der Waals surface area contributed by atoms with Crippen molar-refractivity contribution in [2.75, 3.05) is 19.0 Å². The summed E-state index contributed by atoms with van der Waals surface area (Å²) in [6.07, 6.45) is 13.0. The standard InChI is InChI=1S/C15H13N3OS/c1-18(2)15-16-10-11(20-15)8-9-14-17-12-6-4-3-5-7-13(12)19-14/h4-10H,1-2H3/b9-8+. The maximum atomic E-state index is 5.66. The summed E-state index contributed by atoms with van der Waals surface area (Å²) in [6.45, 7) is 0. The molecule has 100 valence electrons. The summed E-state index contributed by atoms with van der Waals surface area (Å²) in [5, 5.41) is 1.80. The summed E-state index contributed by atoms with van der Waals surface area (Å²) in [7, 11) is 3.95. The lowest BCUT2D eigenvalue weighted by Gasteiger charge is -2.04. The van der Waals surface area contributed by atoms with Gasteiger partial charge in [0.05, 0.1) is 0 Å². The molecule has 0 unspecified atom stereocenters. The molecule has 0 N–H and O–H groups in total. The number of oxazole rings is 1. The number of thiazole rings is 1. The molecule has 5 heteroatoms. The van der Waals surface area contributed by atoms with E-state index in [0.29, 0.717) is 5.89 Å². The fourth-order valence-electron chi connectivity index (χ4n) is 1.69. The monoisotopic (exact) mass is 283 g/mol. The minimum Gasteiger partial charge on any atom is -0.437 e. The molecule has 0 saturated carbocycles. The zero-order chi connectivity index (χ0) is 13.9. The van der Waals surface area contributed by atoms with Crippen LogP contribution in [0.15, 0.2) is 28.5 Å². The second-order valence-corrected chi connectivity index (χ2v) is 5.45. The van der Waals surface area contributed by atoms with Crippen molar-refractivity contribution in [3.8, 4) is 0 Å². The third-order valence-electron chi connectivity index (χ3n) is 2.65. The lowest BCUT2D eigenvalue weighted by molar-refractivity contribution is 0.515. The maximum Gasteiger partial charge on any atom is 0.220 e. The van der Waals surface area contributed by atoms with Crippen molar-refractivity contribution in [2.24, 2.45) is 0 Å². The Kier molecular flexibility index (Phi) is 3.37. The van der Waals surface area contributed by atoms with E-state index >= 15 is 0 Å². The number of allylic oxidation sites excluding steroid dienone is 1. The second kappa shape index (κ2) is 5.33. The van der Waals surface area contributed by atoms with Crippen molar-refractivity contribution in [1.82, 2.24) is 9.97 Å². The second-order valence-electron chi connectivity index (χ2n) is 4.41. The predicted octanol–water partition coefficient (Wildman–Crippen LogP) is 1.65. The Balaban J connectivity index is 1.87. The van der Waals surface area contributed by atoms with E-state index in [1.54, 1.807) is 11.3 Å². The molecule has 1 aliphatic rings. The highest BCUT2D eigenvalue weighted by Crippen LogP contribution is 2.21. The van der Waals surface area contributed by atoms with Crippen LogP contribution in [0.4, 0.5) is 5.13 Å². The van der Waals surface area contributed by atoms with E-state index < -0.39 is 0 Å². The van der Waals surface area contributed by atoms with Crippen LogP contribution in [0.1, 0.15) is 10.8 Å². The summed E-state index contributed by atoms with van der Waals surface area (Å²) in [6, 6.07) is 0. The van der Waals surface area contributed by atoms with Gasteiger partial charge in [0.25, 0.3) is 0 Å². The Labute approximate surface area is 120 Å². The fraction of sp³-hybridized carbons (Fsp3) is 0.133. The van der Waals surface area contributed by atoms with Crippen LogP contribution in [0.3, 0.4) is 0 Å². The first-order valence-corrected chi connectivity index (χ1v) is 6.95. The molecule has 0 aromatic carbocycles. The molecular weight excluding hydrogens is 270 g/mol. The Morgan fingerprint density at radius 3 is 2.90 bits per heavy atom. The summed E-state index contributed by atoms with van der Waals surface area (Å²) in [4.78, 5) is 11.8. The van der Waals surface area contributed by atoms with Gasteiger partial charge in [-0.2, -0.15) is 0 Å². The van der Waals surface area contributed by atoms with E-state index in [2.05, 4.69) is 15.7 Å². The third-order valence-corrected chi connectivity index (χ3v) is 3.78. The van der Waals surface area contributed by atoms with Gasteiger partial charge in [-0.3, -0.25) is 0 Å². The smallest absolute Gasteiger partial charge is 0.220 e. The molecule has 0 fully saturated rings. The molecule has 20 heavy (non-hydrogen) atoms. The van der Waals surface area contributed by atoms with E-state index in [0.717, 1.165) is 20.8 Å². The zero-order valence-corrected chi connectivity index (χ0v) is 12.0. The molecule has 2 aromatic rings. The van der Waals surface area contributed by atoms with Gasteiger partial charge in [0.2, 0.25) is 5.89 Å². The number of hydrogen-bond donors (Lipinski definition) is 0. The highest BCUT2D eigenvalue weighted by atomic mass is 32.1. The molecule has 0 atom stereocenters. The molecule has 2 aromatic heterocycles. The lowest BCUT2D eigenvalue weighted by Crippen LogP contribution is -2.20. The summed E-state index contributed by atoms with van der Waals surface area (Å²) in [5.41, 5.74) is 3.73. The van der Waals surface area contributed by atoms with Crippen LogP contribution < -0.4 is 15.7 Å². The minimum absolute atomic E-state index is 0.589. The van der Waals surface area contributed by atoms with Crippen LogP contribution in [-0.2, 0) is 0 Å².